The van der Waals surface area contributed by atoms with Gasteiger partial charge in [-0.05, 0) is 44.4 Å². The number of rotatable bonds is 5. The van der Waals surface area contributed by atoms with E-state index in [2.05, 4.69) is 54.3 Å². The molecule has 1 saturated heterocycles. The summed E-state index contributed by atoms with van der Waals surface area (Å²) in [5, 5.41) is 7.86. The van der Waals surface area contributed by atoms with Gasteiger partial charge in [0, 0.05) is 49.2 Å². The highest BCUT2D eigenvalue weighted by Gasteiger charge is 2.24. The maximum Gasteiger partial charge on any atom is 0.191 e. The van der Waals surface area contributed by atoms with Crippen LogP contribution in [0.4, 0.5) is 0 Å². The molecule has 4 nitrogen and oxygen atoms in total. The maximum atomic E-state index is 6.14. The molecule has 1 fully saturated rings. The lowest BCUT2D eigenvalue weighted by atomic mass is 9.84. The van der Waals surface area contributed by atoms with Crippen molar-refractivity contribution in [3.63, 3.8) is 0 Å². The summed E-state index contributed by atoms with van der Waals surface area (Å²) in [7, 11) is 1.84. The van der Waals surface area contributed by atoms with E-state index in [0.717, 1.165) is 43.5 Å². The van der Waals surface area contributed by atoms with E-state index in [1.54, 1.807) is 0 Å². The van der Waals surface area contributed by atoms with E-state index in [0.29, 0.717) is 12.1 Å². The van der Waals surface area contributed by atoms with Gasteiger partial charge in [-0.25, -0.2) is 0 Å². The molecule has 26 heavy (non-hydrogen) atoms. The molecule has 0 aliphatic carbocycles. The van der Waals surface area contributed by atoms with E-state index in [9.17, 15) is 0 Å². The van der Waals surface area contributed by atoms with Crippen molar-refractivity contribution < 1.29 is 0 Å². The molecule has 2 N–H and O–H groups in total. The number of piperidine rings is 1. The minimum Gasteiger partial charge on any atom is -0.356 e. The fourth-order valence-corrected chi connectivity index (χ4v) is 3.45. The minimum absolute atomic E-state index is 0. The monoisotopic (exact) mass is 492 g/mol. The van der Waals surface area contributed by atoms with Crippen LogP contribution in [-0.2, 0) is 5.41 Å². The predicted octanol–water partition coefficient (Wildman–Crippen LogP) is 4.27. The van der Waals surface area contributed by atoms with E-state index in [4.69, 9.17) is 11.6 Å². The van der Waals surface area contributed by atoms with E-state index >= 15 is 0 Å². The minimum atomic E-state index is -0.0243. The summed E-state index contributed by atoms with van der Waals surface area (Å²) in [4.78, 5) is 6.94. The Balaban J connectivity index is 0.00000338. The first-order chi connectivity index (χ1) is 11.8. The van der Waals surface area contributed by atoms with Gasteiger partial charge in [-0.3, -0.25) is 4.99 Å². The SMILES string of the molecule is CN=C(NCC(C)(C)c1cccc(Cl)c1)NC1CCN(C(C)C)CC1.I. The third kappa shape index (κ3) is 6.89. The van der Waals surface area contributed by atoms with Gasteiger partial charge in [0.05, 0.1) is 0 Å². The van der Waals surface area contributed by atoms with E-state index < -0.39 is 0 Å². The van der Waals surface area contributed by atoms with Crippen LogP contribution in [0.25, 0.3) is 0 Å². The highest BCUT2D eigenvalue weighted by molar-refractivity contribution is 14.0. The second-order valence-electron chi connectivity index (χ2n) is 7.87. The molecule has 1 aliphatic heterocycles. The number of likely N-dealkylation sites (tertiary alicyclic amines) is 1. The van der Waals surface area contributed by atoms with Gasteiger partial charge in [0.2, 0.25) is 0 Å². The third-order valence-corrected chi connectivity index (χ3v) is 5.36. The number of benzene rings is 1. The van der Waals surface area contributed by atoms with Gasteiger partial charge in [0.25, 0.3) is 0 Å². The second-order valence-corrected chi connectivity index (χ2v) is 8.30. The summed E-state index contributed by atoms with van der Waals surface area (Å²) in [6.07, 6.45) is 2.33. The van der Waals surface area contributed by atoms with Gasteiger partial charge in [0.15, 0.2) is 5.96 Å². The molecule has 1 aromatic rings. The molecular formula is C20H34ClIN4. The van der Waals surface area contributed by atoms with Crippen LogP contribution in [-0.4, -0.2) is 49.6 Å². The number of guanidine groups is 1. The number of nitrogens with one attached hydrogen (secondary N) is 2. The lowest BCUT2D eigenvalue weighted by Gasteiger charge is -2.35. The van der Waals surface area contributed by atoms with Crippen LogP contribution in [0.1, 0.15) is 46.1 Å². The molecule has 148 valence electrons. The highest BCUT2D eigenvalue weighted by Crippen LogP contribution is 2.24. The van der Waals surface area contributed by atoms with Crippen molar-refractivity contribution in [3.05, 3.63) is 34.9 Å². The maximum absolute atomic E-state index is 6.14. The van der Waals surface area contributed by atoms with Crippen molar-refractivity contribution in [3.8, 4) is 0 Å². The Morgan fingerprint density at radius 1 is 1.31 bits per heavy atom. The Bertz CT molecular complexity index is 581. The fraction of sp³-hybridized carbons (Fsp3) is 0.650. The number of nitrogens with zero attached hydrogens (tertiary/aromatic N) is 2. The summed E-state index contributed by atoms with van der Waals surface area (Å²) in [5.74, 6) is 0.887. The van der Waals surface area contributed by atoms with E-state index in [-0.39, 0.29) is 29.4 Å². The molecule has 1 aliphatic rings. The Labute approximate surface area is 181 Å². The van der Waals surface area contributed by atoms with Crippen molar-refractivity contribution >= 4 is 41.5 Å². The zero-order chi connectivity index (χ0) is 18.4. The summed E-state index contributed by atoms with van der Waals surface area (Å²) >= 11 is 6.14. The van der Waals surface area contributed by atoms with E-state index in [1.807, 2.05) is 25.2 Å². The summed E-state index contributed by atoms with van der Waals surface area (Å²) in [5.41, 5.74) is 1.21. The van der Waals surface area contributed by atoms with Gasteiger partial charge in [-0.15, -0.1) is 24.0 Å². The first kappa shape index (κ1) is 23.5. The molecule has 1 aromatic carbocycles. The Hall–Kier alpha value is -0.530. The summed E-state index contributed by atoms with van der Waals surface area (Å²) in [6, 6.07) is 9.23. The standard InChI is InChI=1S/C20H33ClN4.HI/c1-15(2)25-11-9-18(10-12-25)24-19(22-5)23-14-20(3,4)16-7-6-8-17(21)13-16;/h6-8,13,15,18H,9-12,14H2,1-5H3,(H2,22,23,24);1H. The predicted molar refractivity (Wildman–Crippen MR) is 124 cm³/mol. The van der Waals surface area contributed by atoms with Crippen LogP contribution < -0.4 is 10.6 Å². The Morgan fingerprint density at radius 3 is 2.50 bits per heavy atom. The van der Waals surface area contributed by atoms with Crippen LogP contribution >= 0.6 is 35.6 Å². The number of aliphatic imine (C=N–C) groups is 1. The van der Waals surface area contributed by atoms with Crippen LogP contribution in [0.5, 0.6) is 0 Å². The molecule has 0 aromatic heterocycles. The van der Waals surface area contributed by atoms with Crippen molar-refractivity contribution in [2.45, 2.75) is 58.0 Å². The molecule has 0 bridgehead atoms. The van der Waals surface area contributed by atoms with Gasteiger partial charge in [0.1, 0.15) is 0 Å². The molecule has 0 spiro atoms. The second kappa shape index (κ2) is 10.7. The van der Waals surface area contributed by atoms with Gasteiger partial charge in [-0.1, -0.05) is 37.6 Å². The van der Waals surface area contributed by atoms with Crippen LogP contribution in [0.15, 0.2) is 29.3 Å². The zero-order valence-electron chi connectivity index (χ0n) is 16.7. The van der Waals surface area contributed by atoms with Crippen molar-refractivity contribution in [1.82, 2.24) is 15.5 Å². The van der Waals surface area contributed by atoms with Crippen molar-refractivity contribution in [2.24, 2.45) is 4.99 Å². The molecule has 1 heterocycles. The number of hydrogen-bond acceptors (Lipinski definition) is 2. The highest BCUT2D eigenvalue weighted by atomic mass is 127. The molecule has 0 atom stereocenters. The zero-order valence-corrected chi connectivity index (χ0v) is 19.8. The van der Waals surface area contributed by atoms with Gasteiger partial charge in [-0.2, -0.15) is 0 Å². The Kier molecular flexibility index (Phi) is 9.69. The smallest absolute Gasteiger partial charge is 0.191 e. The molecule has 0 amide bonds. The average Bonchev–Trinajstić information content (AvgIpc) is 2.59. The quantitative estimate of drug-likeness (QED) is 0.366. The van der Waals surface area contributed by atoms with Crippen LogP contribution in [0, 0.1) is 0 Å². The van der Waals surface area contributed by atoms with Crippen molar-refractivity contribution in [1.29, 1.82) is 0 Å². The lowest BCUT2D eigenvalue weighted by molar-refractivity contribution is 0.167. The molecule has 0 saturated carbocycles. The molecule has 2 rings (SSSR count). The summed E-state index contributed by atoms with van der Waals surface area (Å²) in [6.45, 7) is 12.1. The first-order valence-corrected chi connectivity index (χ1v) is 9.67. The number of hydrogen-bond donors (Lipinski definition) is 2. The molecule has 0 radical (unpaired) electrons. The topological polar surface area (TPSA) is 39.7 Å². The molecular weight excluding hydrogens is 459 g/mol. The molecule has 6 heteroatoms. The fourth-order valence-electron chi connectivity index (χ4n) is 3.26. The van der Waals surface area contributed by atoms with E-state index in [1.165, 1.54) is 5.56 Å². The third-order valence-electron chi connectivity index (χ3n) is 5.13. The van der Waals surface area contributed by atoms with Crippen LogP contribution in [0.3, 0.4) is 0 Å². The largest absolute Gasteiger partial charge is 0.356 e. The van der Waals surface area contributed by atoms with Gasteiger partial charge >= 0.3 is 0 Å². The van der Waals surface area contributed by atoms with Gasteiger partial charge < -0.3 is 15.5 Å². The summed E-state index contributed by atoms with van der Waals surface area (Å²) < 4.78 is 0. The molecule has 0 unspecified atom stereocenters. The van der Waals surface area contributed by atoms with Crippen molar-refractivity contribution in [2.75, 3.05) is 26.7 Å². The lowest BCUT2D eigenvalue weighted by Crippen LogP contribution is -2.51. The van der Waals surface area contributed by atoms with Crippen LogP contribution in [0.2, 0.25) is 5.02 Å². The first-order valence-electron chi connectivity index (χ1n) is 9.29. The Morgan fingerprint density at radius 2 is 1.96 bits per heavy atom. The average molecular weight is 493 g/mol. The number of halogens is 2. The normalized spacial score (nSPS) is 17.1.